The zero-order valence-corrected chi connectivity index (χ0v) is 10.5. The first-order valence-corrected chi connectivity index (χ1v) is 5.79. The number of carbonyl (C=O) groups excluding carboxylic acids is 1. The van der Waals surface area contributed by atoms with Crippen molar-refractivity contribution in [1.29, 1.82) is 0 Å². The largest absolute Gasteiger partial charge is 0.481 e. The molecule has 0 aliphatic rings. The highest BCUT2D eigenvalue weighted by atomic mass is 16.6. The van der Waals surface area contributed by atoms with E-state index in [1.165, 1.54) is 0 Å². The third-order valence-corrected chi connectivity index (χ3v) is 2.31. The van der Waals surface area contributed by atoms with Crippen molar-refractivity contribution in [3.8, 4) is 0 Å². The highest BCUT2D eigenvalue weighted by molar-refractivity contribution is 5.81. The Morgan fingerprint density at radius 3 is 2.32 bits per heavy atom. The lowest BCUT2D eigenvalue weighted by Gasteiger charge is -2.11. The Kier molecular flexibility index (Phi) is 9.07. The van der Waals surface area contributed by atoms with E-state index in [-0.39, 0.29) is 39.1 Å². The standard InChI is InChI=1S/C12H18O7/c1-2-11(15)19-8-7-18-6-5-9(12(16)17)3-4-10(13)14/h2,9H,1,3-8H2,(H,13,14)(H,16,17). The summed E-state index contributed by atoms with van der Waals surface area (Å²) in [4.78, 5) is 31.8. The van der Waals surface area contributed by atoms with Gasteiger partial charge in [0.1, 0.15) is 6.61 Å². The second kappa shape index (κ2) is 10.1. The molecule has 1 atom stereocenters. The molecule has 0 aromatic heterocycles. The number of hydrogen-bond acceptors (Lipinski definition) is 5. The fourth-order valence-electron chi connectivity index (χ4n) is 1.28. The normalized spacial score (nSPS) is 11.6. The van der Waals surface area contributed by atoms with E-state index in [1.54, 1.807) is 0 Å². The molecule has 2 N–H and O–H groups in total. The van der Waals surface area contributed by atoms with Crippen molar-refractivity contribution in [2.24, 2.45) is 5.92 Å². The van der Waals surface area contributed by atoms with Crippen molar-refractivity contribution >= 4 is 17.9 Å². The van der Waals surface area contributed by atoms with Crippen LogP contribution in [0.2, 0.25) is 0 Å². The third kappa shape index (κ3) is 9.78. The summed E-state index contributed by atoms with van der Waals surface area (Å²) in [6.07, 6.45) is 1.14. The zero-order chi connectivity index (χ0) is 14.7. The van der Waals surface area contributed by atoms with E-state index in [4.69, 9.17) is 14.9 Å². The van der Waals surface area contributed by atoms with Crippen molar-refractivity contribution in [2.45, 2.75) is 19.3 Å². The van der Waals surface area contributed by atoms with Gasteiger partial charge in [0.05, 0.1) is 12.5 Å². The van der Waals surface area contributed by atoms with Crippen LogP contribution in [0.4, 0.5) is 0 Å². The molecule has 0 fully saturated rings. The van der Waals surface area contributed by atoms with Gasteiger partial charge in [-0.2, -0.15) is 0 Å². The highest BCUT2D eigenvalue weighted by Crippen LogP contribution is 2.11. The topological polar surface area (TPSA) is 110 Å². The molecule has 0 radical (unpaired) electrons. The molecule has 0 aliphatic heterocycles. The monoisotopic (exact) mass is 274 g/mol. The molecule has 0 rings (SSSR count). The van der Waals surface area contributed by atoms with Crippen LogP contribution in [-0.4, -0.2) is 47.9 Å². The third-order valence-electron chi connectivity index (χ3n) is 2.31. The number of carboxylic acid groups (broad SMARTS) is 2. The second-order valence-electron chi connectivity index (χ2n) is 3.74. The van der Waals surface area contributed by atoms with Crippen LogP contribution in [0, 0.1) is 5.92 Å². The summed E-state index contributed by atoms with van der Waals surface area (Å²) in [6, 6.07) is 0. The van der Waals surface area contributed by atoms with E-state index in [0.29, 0.717) is 0 Å². The van der Waals surface area contributed by atoms with Crippen LogP contribution in [0.25, 0.3) is 0 Å². The van der Waals surface area contributed by atoms with Crippen LogP contribution < -0.4 is 0 Å². The van der Waals surface area contributed by atoms with E-state index < -0.39 is 23.8 Å². The minimum Gasteiger partial charge on any atom is -0.481 e. The number of carbonyl (C=O) groups is 3. The van der Waals surface area contributed by atoms with Crippen LogP contribution in [0.3, 0.4) is 0 Å². The van der Waals surface area contributed by atoms with Gasteiger partial charge in [-0.05, 0) is 12.8 Å². The molecule has 0 saturated carbocycles. The van der Waals surface area contributed by atoms with Crippen molar-refractivity contribution in [3.05, 3.63) is 12.7 Å². The predicted molar refractivity (Wildman–Crippen MR) is 64.6 cm³/mol. The Bertz CT molecular complexity index is 324. The molecular weight excluding hydrogens is 256 g/mol. The number of hydrogen-bond donors (Lipinski definition) is 2. The molecule has 0 bridgehead atoms. The van der Waals surface area contributed by atoms with Crippen molar-refractivity contribution in [3.63, 3.8) is 0 Å². The van der Waals surface area contributed by atoms with E-state index in [9.17, 15) is 14.4 Å². The SMILES string of the molecule is C=CC(=O)OCCOCCC(CCC(=O)O)C(=O)O. The van der Waals surface area contributed by atoms with Crippen LogP contribution in [-0.2, 0) is 23.9 Å². The summed E-state index contributed by atoms with van der Waals surface area (Å²) in [5, 5.41) is 17.3. The molecule has 19 heavy (non-hydrogen) atoms. The van der Waals surface area contributed by atoms with Gasteiger partial charge in [-0.25, -0.2) is 4.79 Å². The molecule has 1 unspecified atom stereocenters. The summed E-state index contributed by atoms with van der Waals surface area (Å²) < 4.78 is 9.74. The van der Waals surface area contributed by atoms with Crippen molar-refractivity contribution in [1.82, 2.24) is 0 Å². The molecule has 0 saturated heterocycles. The van der Waals surface area contributed by atoms with Gasteiger partial charge in [-0.3, -0.25) is 9.59 Å². The fourth-order valence-corrected chi connectivity index (χ4v) is 1.28. The average molecular weight is 274 g/mol. The molecule has 0 amide bonds. The van der Waals surface area contributed by atoms with E-state index >= 15 is 0 Å². The van der Waals surface area contributed by atoms with Gasteiger partial charge in [0.25, 0.3) is 0 Å². The predicted octanol–water partition coefficient (Wildman–Crippen LogP) is 0.688. The molecule has 7 nitrogen and oxygen atoms in total. The summed E-state index contributed by atoms with van der Waals surface area (Å²) in [7, 11) is 0. The zero-order valence-electron chi connectivity index (χ0n) is 10.5. The minimum atomic E-state index is -1.04. The maximum Gasteiger partial charge on any atom is 0.330 e. The Balaban J connectivity index is 3.69. The van der Waals surface area contributed by atoms with Gasteiger partial charge in [-0.1, -0.05) is 6.58 Å². The van der Waals surface area contributed by atoms with Crippen molar-refractivity contribution in [2.75, 3.05) is 19.8 Å². The van der Waals surface area contributed by atoms with Gasteiger partial charge in [0, 0.05) is 19.1 Å². The van der Waals surface area contributed by atoms with E-state index in [2.05, 4.69) is 11.3 Å². The Morgan fingerprint density at radius 2 is 1.79 bits per heavy atom. The molecule has 0 aromatic carbocycles. The van der Waals surface area contributed by atoms with Gasteiger partial charge < -0.3 is 19.7 Å². The molecular formula is C12H18O7. The number of aliphatic carboxylic acids is 2. The average Bonchev–Trinajstić information content (AvgIpc) is 2.35. The van der Waals surface area contributed by atoms with Crippen molar-refractivity contribution < 1.29 is 34.1 Å². The number of esters is 1. The minimum absolute atomic E-state index is 0.0672. The van der Waals surface area contributed by atoms with Crippen LogP contribution in [0.15, 0.2) is 12.7 Å². The van der Waals surface area contributed by atoms with Crippen LogP contribution in [0.5, 0.6) is 0 Å². The first kappa shape index (κ1) is 17.1. The highest BCUT2D eigenvalue weighted by Gasteiger charge is 2.18. The molecule has 0 aliphatic carbocycles. The summed E-state index contributed by atoms with van der Waals surface area (Å²) in [5.41, 5.74) is 0. The molecule has 108 valence electrons. The van der Waals surface area contributed by atoms with Crippen LogP contribution >= 0.6 is 0 Å². The second-order valence-corrected chi connectivity index (χ2v) is 3.74. The summed E-state index contributed by atoms with van der Waals surface area (Å²) in [5.74, 6) is -3.35. The van der Waals surface area contributed by atoms with Crippen LogP contribution in [0.1, 0.15) is 19.3 Å². The molecule has 7 heteroatoms. The van der Waals surface area contributed by atoms with Gasteiger partial charge >= 0.3 is 17.9 Å². The first-order chi connectivity index (χ1) is 8.97. The Labute approximate surface area is 110 Å². The summed E-state index contributed by atoms with van der Waals surface area (Å²) in [6.45, 7) is 3.62. The smallest absolute Gasteiger partial charge is 0.330 e. The lowest BCUT2D eigenvalue weighted by atomic mass is 10.0. The van der Waals surface area contributed by atoms with Gasteiger partial charge in [0.2, 0.25) is 0 Å². The van der Waals surface area contributed by atoms with Gasteiger partial charge in [0.15, 0.2) is 0 Å². The number of carboxylic acids is 2. The van der Waals surface area contributed by atoms with Gasteiger partial charge in [-0.15, -0.1) is 0 Å². The fraction of sp³-hybridized carbons (Fsp3) is 0.583. The lowest BCUT2D eigenvalue weighted by molar-refractivity contribution is -0.143. The maximum atomic E-state index is 10.8. The summed E-state index contributed by atoms with van der Waals surface area (Å²) >= 11 is 0. The maximum absolute atomic E-state index is 10.8. The Hall–Kier alpha value is -1.89. The number of ether oxygens (including phenoxy) is 2. The number of rotatable bonds is 11. The lowest BCUT2D eigenvalue weighted by Crippen LogP contribution is -2.18. The Morgan fingerprint density at radius 1 is 1.11 bits per heavy atom. The first-order valence-electron chi connectivity index (χ1n) is 5.79. The van der Waals surface area contributed by atoms with E-state index in [1.807, 2.05) is 0 Å². The van der Waals surface area contributed by atoms with E-state index in [0.717, 1.165) is 6.08 Å². The quantitative estimate of drug-likeness (QED) is 0.324. The molecule has 0 spiro atoms. The molecule has 0 aromatic rings. The molecule has 0 heterocycles.